The minimum Gasteiger partial charge on any atom is -0.357 e. The number of likely N-dealkylation sites (tertiary alicyclic amines) is 1. The monoisotopic (exact) mass is 487 g/mol. The summed E-state index contributed by atoms with van der Waals surface area (Å²) in [6, 6.07) is -0.742. The fourth-order valence-electron chi connectivity index (χ4n) is 4.28. The highest BCUT2D eigenvalue weighted by molar-refractivity contribution is 7.58. The summed E-state index contributed by atoms with van der Waals surface area (Å²) in [6.45, 7) is 11.6. The van der Waals surface area contributed by atoms with Crippen LogP contribution >= 0.6 is 7.37 Å². The molecular formula is C23H42N3O6P. The fourth-order valence-corrected chi connectivity index (χ4v) is 6.13. The standard InChI is InChI=1S/C23H42N3O6P/c1-14(2)8-17-11-20(27)26(23(17)30)13-33(31,32)12-18(9-15(3)4)21(28)25-19(10-16(5)6)22(29)24-7/h14-19H,8-13H2,1-7H3,(H,24,29)(H,25,28)(H,31,32). The Morgan fingerprint density at radius 2 is 1.61 bits per heavy atom. The zero-order chi connectivity index (χ0) is 25.5. The van der Waals surface area contributed by atoms with E-state index in [2.05, 4.69) is 10.6 Å². The molecule has 0 aromatic heterocycles. The Bertz CT molecular complexity index is 767. The summed E-state index contributed by atoms with van der Waals surface area (Å²) in [7, 11) is -2.53. The Kier molecular flexibility index (Phi) is 11.2. The molecule has 9 nitrogen and oxygen atoms in total. The van der Waals surface area contributed by atoms with E-state index in [1.165, 1.54) is 7.05 Å². The number of carbonyl (C=O) groups excluding carboxylic acids is 4. The third-order valence-corrected chi connectivity index (χ3v) is 7.41. The van der Waals surface area contributed by atoms with Crippen molar-refractivity contribution in [2.45, 2.75) is 73.3 Å². The van der Waals surface area contributed by atoms with Crippen molar-refractivity contribution in [3.63, 3.8) is 0 Å². The first kappa shape index (κ1) is 29.3. The minimum absolute atomic E-state index is 0.0515. The first-order valence-electron chi connectivity index (χ1n) is 11.8. The van der Waals surface area contributed by atoms with E-state index < -0.39 is 49.3 Å². The van der Waals surface area contributed by atoms with Crippen LogP contribution in [0.2, 0.25) is 0 Å². The second-order valence-corrected chi connectivity index (χ2v) is 12.8. The Hall–Kier alpha value is -1.73. The van der Waals surface area contributed by atoms with Gasteiger partial charge in [0.15, 0.2) is 0 Å². The summed E-state index contributed by atoms with van der Waals surface area (Å²) in [4.78, 5) is 61.8. The molecule has 1 fully saturated rings. The number of hydrogen-bond acceptors (Lipinski definition) is 5. The molecule has 0 aromatic rings. The van der Waals surface area contributed by atoms with E-state index in [0.717, 1.165) is 4.90 Å². The summed E-state index contributed by atoms with van der Waals surface area (Å²) in [5.74, 6) is -2.48. The van der Waals surface area contributed by atoms with Gasteiger partial charge in [-0.1, -0.05) is 41.5 Å². The third-order valence-electron chi connectivity index (χ3n) is 5.67. The summed E-state index contributed by atoms with van der Waals surface area (Å²) < 4.78 is 13.1. The summed E-state index contributed by atoms with van der Waals surface area (Å²) in [5, 5.41) is 5.28. The van der Waals surface area contributed by atoms with Crippen molar-refractivity contribution in [3.8, 4) is 0 Å². The normalized spacial score (nSPS) is 20.3. The molecule has 190 valence electrons. The topological polar surface area (TPSA) is 133 Å². The van der Waals surface area contributed by atoms with Gasteiger partial charge in [-0.15, -0.1) is 0 Å². The molecule has 0 aliphatic carbocycles. The molecule has 1 saturated heterocycles. The van der Waals surface area contributed by atoms with Crippen LogP contribution in [0.5, 0.6) is 0 Å². The SMILES string of the molecule is CNC(=O)C(CC(C)C)NC(=O)C(CC(C)C)CP(=O)(O)CN1C(=O)CC(CC(C)C)C1=O. The highest BCUT2D eigenvalue weighted by Crippen LogP contribution is 2.46. The molecule has 4 atom stereocenters. The van der Waals surface area contributed by atoms with Gasteiger partial charge in [0.2, 0.25) is 31.0 Å². The van der Waals surface area contributed by atoms with Crippen LogP contribution in [0.1, 0.15) is 67.2 Å². The smallest absolute Gasteiger partial charge is 0.242 e. The average molecular weight is 488 g/mol. The molecule has 4 unspecified atom stereocenters. The number of hydrogen-bond donors (Lipinski definition) is 3. The molecule has 10 heteroatoms. The van der Waals surface area contributed by atoms with Crippen molar-refractivity contribution in [1.29, 1.82) is 0 Å². The van der Waals surface area contributed by atoms with Crippen molar-refractivity contribution in [2.24, 2.45) is 29.6 Å². The van der Waals surface area contributed by atoms with Crippen molar-refractivity contribution in [2.75, 3.05) is 19.5 Å². The molecule has 33 heavy (non-hydrogen) atoms. The molecule has 1 rings (SSSR count). The summed E-state index contributed by atoms with van der Waals surface area (Å²) in [6.07, 6.45) is 0.444. The van der Waals surface area contributed by atoms with Crippen molar-refractivity contribution in [3.05, 3.63) is 0 Å². The third kappa shape index (κ3) is 9.57. The Morgan fingerprint density at radius 1 is 1.03 bits per heavy atom. The molecule has 0 radical (unpaired) electrons. The molecule has 3 N–H and O–H groups in total. The molecule has 0 aromatic carbocycles. The lowest BCUT2D eigenvalue weighted by atomic mass is 9.96. The average Bonchev–Trinajstić information content (AvgIpc) is 2.91. The van der Waals surface area contributed by atoms with Crippen LogP contribution in [0.25, 0.3) is 0 Å². The summed E-state index contributed by atoms with van der Waals surface area (Å²) >= 11 is 0. The van der Waals surface area contributed by atoms with Gasteiger partial charge in [0.1, 0.15) is 12.3 Å². The molecule has 1 aliphatic rings. The summed E-state index contributed by atoms with van der Waals surface area (Å²) in [5.41, 5.74) is 0. The predicted octanol–water partition coefficient (Wildman–Crippen LogP) is 2.57. The number of amides is 4. The maximum atomic E-state index is 13.1. The van der Waals surface area contributed by atoms with Crippen LogP contribution in [0.15, 0.2) is 0 Å². The lowest BCUT2D eigenvalue weighted by Crippen LogP contribution is -2.49. The van der Waals surface area contributed by atoms with Crippen molar-refractivity contribution < 1.29 is 28.6 Å². The Labute approximate surface area is 197 Å². The van der Waals surface area contributed by atoms with E-state index in [1.54, 1.807) is 0 Å². The van der Waals surface area contributed by atoms with Crippen molar-refractivity contribution >= 4 is 31.0 Å². The van der Waals surface area contributed by atoms with Crippen LogP contribution < -0.4 is 10.6 Å². The van der Waals surface area contributed by atoms with Gasteiger partial charge in [0.25, 0.3) is 0 Å². The van der Waals surface area contributed by atoms with E-state index in [4.69, 9.17) is 0 Å². The molecule has 0 saturated carbocycles. The van der Waals surface area contributed by atoms with Crippen LogP contribution in [0, 0.1) is 29.6 Å². The van der Waals surface area contributed by atoms with E-state index >= 15 is 0 Å². The highest BCUT2D eigenvalue weighted by atomic mass is 31.2. The van der Waals surface area contributed by atoms with Gasteiger partial charge in [-0.05, 0) is 37.0 Å². The second-order valence-electron chi connectivity index (χ2n) is 10.5. The molecule has 4 amide bonds. The maximum Gasteiger partial charge on any atom is 0.242 e. The van der Waals surface area contributed by atoms with E-state index in [1.807, 2.05) is 41.5 Å². The Morgan fingerprint density at radius 3 is 2.09 bits per heavy atom. The molecule has 1 aliphatic heterocycles. The van der Waals surface area contributed by atoms with Gasteiger partial charge < -0.3 is 15.5 Å². The first-order chi connectivity index (χ1) is 15.2. The number of imide groups is 1. The van der Waals surface area contributed by atoms with Crippen LogP contribution in [0.3, 0.4) is 0 Å². The Balaban J connectivity index is 2.96. The lowest BCUT2D eigenvalue weighted by molar-refractivity contribution is -0.138. The number of nitrogens with zero attached hydrogens (tertiary/aromatic N) is 1. The largest absolute Gasteiger partial charge is 0.357 e. The highest BCUT2D eigenvalue weighted by Gasteiger charge is 2.42. The fraction of sp³-hybridized carbons (Fsp3) is 0.826. The quantitative estimate of drug-likeness (QED) is 0.270. The minimum atomic E-state index is -4.02. The zero-order valence-corrected chi connectivity index (χ0v) is 22.0. The van der Waals surface area contributed by atoms with Gasteiger partial charge in [-0.25, -0.2) is 0 Å². The molecule has 0 spiro atoms. The van der Waals surface area contributed by atoms with E-state index in [-0.39, 0.29) is 36.2 Å². The van der Waals surface area contributed by atoms with Gasteiger partial charge in [-0.3, -0.25) is 28.6 Å². The first-order valence-corrected chi connectivity index (χ1v) is 13.9. The molecular weight excluding hydrogens is 445 g/mol. The lowest BCUT2D eigenvalue weighted by Gasteiger charge is -2.26. The predicted molar refractivity (Wildman–Crippen MR) is 127 cm³/mol. The second kappa shape index (κ2) is 12.7. The van der Waals surface area contributed by atoms with Crippen LogP contribution in [-0.4, -0.2) is 59.0 Å². The maximum absolute atomic E-state index is 13.1. The van der Waals surface area contributed by atoms with Gasteiger partial charge in [-0.2, -0.15) is 0 Å². The van der Waals surface area contributed by atoms with Gasteiger partial charge >= 0.3 is 0 Å². The number of likely N-dealkylation sites (N-methyl/N-ethyl adjacent to an activating group) is 1. The zero-order valence-electron chi connectivity index (χ0n) is 21.1. The number of carbonyl (C=O) groups is 4. The molecule has 1 heterocycles. The number of rotatable bonds is 13. The van der Waals surface area contributed by atoms with Crippen LogP contribution in [-0.2, 0) is 23.7 Å². The van der Waals surface area contributed by atoms with Crippen LogP contribution in [0.4, 0.5) is 0 Å². The van der Waals surface area contributed by atoms with Gasteiger partial charge in [0, 0.05) is 31.5 Å². The van der Waals surface area contributed by atoms with E-state index in [0.29, 0.717) is 19.3 Å². The number of nitrogens with one attached hydrogen (secondary N) is 2. The van der Waals surface area contributed by atoms with Gasteiger partial charge in [0.05, 0.1) is 0 Å². The van der Waals surface area contributed by atoms with Crippen molar-refractivity contribution in [1.82, 2.24) is 15.5 Å². The molecule has 0 bridgehead atoms. The van der Waals surface area contributed by atoms with E-state index in [9.17, 15) is 28.6 Å².